The lowest BCUT2D eigenvalue weighted by Crippen LogP contribution is -2.08. The van der Waals surface area contributed by atoms with Gasteiger partial charge in [-0.3, -0.25) is 0 Å². The molecule has 0 aromatic heterocycles. The lowest BCUT2D eigenvalue weighted by molar-refractivity contribution is 0.240. The highest BCUT2D eigenvalue weighted by Gasteiger charge is 2.50. The smallest absolute Gasteiger partial charge is 0.154 e. The zero-order chi connectivity index (χ0) is 6.20. The van der Waals surface area contributed by atoms with Crippen molar-refractivity contribution >= 4 is 0 Å². The van der Waals surface area contributed by atoms with Crippen molar-refractivity contribution in [1.82, 2.24) is 0 Å². The summed E-state index contributed by atoms with van der Waals surface area (Å²) in [4.78, 5) is 0. The third-order valence-electron chi connectivity index (χ3n) is 1.40. The molecule has 1 aliphatic rings. The molecular formula is C6H8O2. The van der Waals surface area contributed by atoms with Gasteiger partial charge in [-0.15, -0.1) is 6.42 Å². The third kappa shape index (κ3) is 0.605. The number of rotatable bonds is 1. The van der Waals surface area contributed by atoms with E-state index in [0.717, 1.165) is 0 Å². The first-order chi connectivity index (χ1) is 3.73. The van der Waals surface area contributed by atoms with Crippen LogP contribution in [0.4, 0.5) is 0 Å². The predicted molar refractivity (Wildman–Crippen MR) is 29.2 cm³/mol. The zero-order valence-electron chi connectivity index (χ0n) is 4.72. The lowest BCUT2D eigenvalue weighted by atomic mass is 10.1. The number of ether oxygens (including phenoxy) is 1. The van der Waals surface area contributed by atoms with Crippen molar-refractivity contribution in [2.75, 3.05) is 6.61 Å². The molecule has 0 radical (unpaired) electrons. The van der Waals surface area contributed by atoms with Gasteiger partial charge in [0, 0.05) is 0 Å². The normalized spacial score (nSPS) is 43.4. The molecule has 0 spiro atoms. The molecule has 2 atom stereocenters. The average Bonchev–Trinajstić information content (AvgIpc) is 2.44. The van der Waals surface area contributed by atoms with E-state index < -0.39 is 5.60 Å². The van der Waals surface area contributed by atoms with Crippen molar-refractivity contribution < 1.29 is 9.84 Å². The highest BCUT2D eigenvalue weighted by atomic mass is 16.6. The van der Waals surface area contributed by atoms with Gasteiger partial charge in [0.25, 0.3) is 0 Å². The van der Waals surface area contributed by atoms with Gasteiger partial charge in [-0.25, -0.2) is 0 Å². The molecule has 1 heterocycles. The number of aliphatic hydroxyl groups excluding tert-OH is 1. The molecule has 0 bridgehead atoms. The van der Waals surface area contributed by atoms with Gasteiger partial charge in [0.15, 0.2) is 5.60 Å². The first-order valence-electron chi connectivity index (χ1n) is 2.49. The van der Waals surface area contributed by atoms with Gasteiger partial charge in [-0.1, -0.05) is 5.92 Å². The number of epoxide rings is 1. The summed E-state index contributed by atoms with van der Waals surface area (Å²) in [6.07, 6.45) is 4.93. The SMILES string of the molecule is C#C[C@@]1(C)O[C@@H]1CO. The van der Waals surface area contributed by atoms with Gasteiger partial charge in [-0.2, -0.15) is 0 Å². The molecule has 2 nitrogen and oxygen atoms in total. The Morgan fingerprint density at radius 1 is 2.00 bits per heavy atom. The molecule has 0 aromatic rings. The first-order valence-corrected chi connectivity index (χ1v) is 2.49. The summed E-state index contributed by atoms with van der Waals surface area (Å²) in [5.74, 6) is 2.43. The van der Waals surface area contributed by atoms with Gasteiger partial charge in [0.2, 0.25) is 0 Å². The zero-order valence-corrected chi connectivity index (χ0v) is 4.72. The van der Waals surface area contributed by atoms with Gasteiger partial charge >= 0.3 is 0 Å². The van der Waals surface area contributed by atoms with Gasteiger partial charge in [-0.05, 0) is 6.92 Å². The molecule has 1 aliphatic heterocycles. The van der Waals surface area contributed by atoms with E-state index in [1.165, 1.54) is 0 Å². The molecule has 44 valence electrons. The van der Waals surface area contributed by atoms with E-state index in [-0.39, 0.29) is 12.7 Å². The van der Waals surface area contributed by atoms with Crippen LogP contribution in [-0.2, 0) is 4.74 Å². The van der Waals surface area contributed by atoms with E-state index >= 15 is 0 Å². The molecule has 0 aromatic carbocycles. The van der Waals surface area contributed by atoms with Crippen molar-refractivity contribution in [1.29, 1.82) is 0 Å². The Bertz CT molecular complexity index is 136. The fraction of sp³-hybridized carbons (Fsp3) is 0.667. The minimum absolute atomic E-state index is 0.0285. The maximum atomic E-state index is 8.45. The number of hydrogen-bond donors (Lipinski definition) is 1. The van der Waals surface area contributed by atoms with Crippen LogP contribution >= 0.6 is 0 Å². The van der Waals surface area contributed by atoms with Crippen molar-refractivity contribution in [2.45, 2.75) is 18.6 Å². The van der Waals surface area contributed by atoms with Gasteiger partial charge in [0.05, 0.1) is 6.61 Å². The topological polar surface area (TPSA) is 32.8 Å². The van der Waals surface area contributed by atoms with E-state index in [2.05, 4.69) is 5.92 Å². The molecule has 8 heavy (non-hydrogen) atoms. The molecule has 1 rings (SSSR count). The molecule has 0 amide bonds. The summed E-state index contributed by atoms with van der Waals surface area (Å²) < 4.78 is 4.92. The predicted octanol–water partition coefficient (Wildman–Crippen LogP) is -0.231. The molecule has 0 saturated carbocycles. The maximum absolute atomic E-state index is 8.45. The highest BCUT2D eigenvalue weighted by Crippen LogP contribution is 2.34. The quantitative estimate of drug-likeness (QED) is 0.375. The van der Waals surface area contributed by atoms with Crippen LogP contribution in [-0.4, -0.2) is 23.4 Å². The van der Waals surface area contributed by atoms with Crippen LogP contribution in [0.5, 0.6) is 0 Å². The third-order valence-corrected chi connectivity index (χ3v) is 1.40. The monoisotopic (exact) mass is 112 g/mol. The van der Waals surface area contributed by atoms with Crippen molar-refractivity contribution in [2.24, 2.45) is 0 Å². The average molecular weight is 112 g/mol. The number of terminal acetylenes is 1. The summed E-state index contributed by atoms with van der Waals surface area (Å²) in [5, 5.41) is 8.45. The van der Waals surface area contributed by atoms with Crippen LogP contribution < -0.4 is 0 Å². The van der Waals surface area contributed by atoms with Crippen molar-refractivity contribution in [3.8, 4) is 12.3 Å². The van der Waals surface area contributed by atoms with Crippen molar-refractivity contribution in [3.63, 3.8) is 0 Å². The number of aliphatic hydroxyl groups is 1. The van der Waals surface area contributed by atoms with Crippen LogP contribution in [0.3, 0.4) is 0 Å². The molecular weight excluding hydrogens is 104 g/mol. The Morgan fingerprint density at radius 2 is 2.62 bits per heavy atom. The largest absolute Gasteiger partial charge is 0.394 e. The van der Waals surface area contributed by atoms with E-state index in [1.54, 1.807) is 6.92 Å². The Hall–Kier alpha value is -0.520. The fourth-order valence-electron chi connectivity index (χ4n) is 0.600. The van der Waals surface area contributed by atoms with Gasteiger partial charge < -0.3 is 9.84 Å². The van der Waals surface area contributed by atoms with Crippen LogP contribution in [0, 0.1) is 12.3 Å². The van der Waals surface area contributed by atoms with Crippen LogP contribution in [0.1, 0.15) is 6.92 Å². The van der Waals surface area contributed by atoms with E-state index in [4.69, 9.17) is 16.3 Å². The van der Waals surface area contributed by atoms with E-state index in [1.807, 2.05) is 0 Å². The number of hydrogen-bond acceptors (Lipinski definition) is 2. The minimum Gasteiger partial charge on any atom is -0.394 e. The van der Waals surface area contributed by atoms with Crippen LogP contribution in [0.25, 0.3) is 0 Å². The summed E-state index contributed by atoms with van der Waals surface area (Å²) in [7, 11) is 0. The molecule has 0 aliphatic carbocycles. The second kappa shape index (κ2) is 1.48. The van der Waals surface area contributed by atoms with E-state index in [9.17, 15) is 0 Å². The fourth-order valence-corrected chi connectivity index (χ4v) is 0.600. The summed E-state index contributed by atoms with van der Waals surface area (Å²) in [5.41, 5.74) is -0.464. The molecule has 1 fully saturated rings. The Balaban J connectivity index is 2.46. The second-order valence-electron chi connectivity index (χ2n) is 2.04. The maximum Gasteiger partial charge on any atom is 0.154 e. The molecule has 1 N–H and O–H groups in total. The lowest BCUT2D eigenvalue weighted by Gasteiger charge is -1.87. The highest BCUT2D eigenvalue weighted by molar-refractivity contribution is 5.19. The summed E-state index contributed by atoms with van der Waals surface area (Å²) in [6, 6.07) is 0. The summed E-state index contributed by atoms with van der Waals surface area (Å²) in [6.45, 7) is 1.81. The summed E-state index contributed by atoms with van der Waals surface area (Å²) >= 11 is 0. The Labute approximate surface area is 48.5 Å². The van der Waals surface area contributed by atoms with Crippen LogP contribution in [0.2, 0.25) is 0 Å². The molecule has 0 unspecified atom stereocenters. The van der Waals surface area contributed by atoms with E-state index in [0.29, 0.717) is 0 Å². The minimum atomic E-state index is -0.464. The second-order valence-corrected chi connectivity index (χ2v) is 2.04. The van der Waals surface area contributed by atoms with Gasteiger partial charge in [0.1, 0.15) is 6.10 Å². The molecule has 1 saturated heterocycles. The standard InChI is InChI=1S/C6H8O2/c1-3-6(2)5(4-7)8-6/h1,5,7H,4H2,2H3/t5-,6-/m1/s1. The first kappa shape index (κ1) is 5.61. The molecule has 2 heteroatoms. The Morgan fingerprint density at radius 3 is 2.75 bits per heavy atom. The van der Waals surface area contributed by atoms with Crippen LogP contribution in [0.15, 0.2) is 0 Å². The van der Waals surface area contributed by atoms with Crippen molar-refractivity contribution in [3.05, 3.63) is 0 Å². The Kier molecular flexibility index (Phi) is 1.04.